The van der Waals surface area contributed by atoms with Crippen molar-refractivity contribution in [1.29, 1.82) is 0 Å². The second kappa shape index (κ2) is 6.80. The number of aryl methyl sites for hydroxylation is 2. The van der Waals surface area contributed by atoms with E-state index in [0.717, 1.165) is 23.6 Å². The van der Waals surface area contributed by atoms with Crippen molar-refractivity contribution in [2.45, 2.75) is 52.4 Å². The average molecular weight is 240 g/mol. The minimum absolute atomic E-state index is 0.825. The van der Waals surface area contributed by atoms with Crippen molar-refractivity contribution >= 4 is 17.3 Å². The number of hydrogen-bond donors (Lipinski definition) is 1. The first kappa shape index (κ1) is 13.4. The van der Waals surface area contributed by atoms with E-state index in [2.05, 4.69) is 13.8 Å². The molecule has 2 N–H and O–H groups in total. The summed E-state index contributed by atoms with van der Waals surface area (Å²) in [4.78, 5) is 0. The largest absolute Gasteiger partial charge is 0.398 e. The molecule has 1 aromatic carbocycles. The van der Waals surface area contributed by atoms with Gasteiger partial charge in [0.05, 0.1) is 0 Å². The molecule has 0 atom stereocenters. The van der Waals surface area contributed by atoms with Gasteiger partial charge in [0, 0.05) is 10.7 Å². The Morgan fingerprint density at radius 2 is 1.44 bits per heavy atom. The van der Waals surface area contributed by atoms with Gasteiger partial charge in [-0.05, 0) is 48.9 Å². The first-order chi connectivity index (χ1) is 7.69. The summed E-state index contributed by atoms with van der Waals surface area (Å²) in [6.45, 7) is 4.39. The molecule has 1 aromatic rings. The second-order valence-electron chi connectivity index (χ2n) is 4.34. The Labute approximate surface area is 104 Å². The Kier molecular flexibility index (Phi) is 5.68. The van der Waals surface area contributed by atoms with Gasteiger partial charge in [-0.25, -0.2) is 0 Å². The molecule has 0 amide bonds. The van der Waals surface area contributed by atoms with Crippen LogP contribution in [0.4, 0.5) is 5.69 Å². The summed E-state index contributed by atoms with van der Waals surface area (Å²) in [7, 11) is 0. The van der Waals surface area contributed by atoms with Crippen molar-refractivity contribution < 1.29 is 0 Å². The van der Waals surface area contributed by atoms with Gasteiger partial charge in [0.15, 0.2) is 0 Å². The summed E-state index contributed by atoms with van der Waals surface area (Å²) in [6.07, 6.45) is 6.83. The number of benzene rings is 1. The molecule has 0 radical (unpaired) electrons. The molecule has 16 heavy (non-hydrogen) atoms. The molecule has 0 saturated carbocycles. The summed E-state index contributed by atoms with van der Waals surface area (Å²) < 4.78 is 0. The van der Waals surface area contributed by atoms with E-state index in [4.69, 9.17) is 17.3 Å². The summed E-state index contributed by atoms with van der Waals surface area (Å²) in [6, 6.07) is 4.03. The highest BCUT2D eigenvalue weighted by molar-refractivity contribution is 6.30. The van der Waals surface area contributed by atoms with Crippen LogP contribution in [0, 0.1) is 0 Å². The number of nitrogens with two attached hydrogens (primary N) is 1. The number of nitrogen functional groups attached to an aromatic ring is 1. The summed E-state index contributed by atoms with van der Waals surface area (Å²) >= 11 is 6.12. The molecule has 0 unspecified atom stereocenters. The predicted molar refractivity (Wildman–Crippen MR) is 73.1 cm³/mol. The molecule has 0 aromatic heterocycles. The molecule has 0 spiro atoms. The molecule has 1 nitrogen and oxygen atoms in total. The standard InChI is InChI=1S/C14H22ClN/c1-3-5-7-11-9-13(15)10-12(14(11)16)8-6-4-2/h9-10H,3-8,16H2,1-2H3. The van der Waals surface area contributed by atoms with Gasteiger partial charge in [-0.3, -0.25) is 0 Å². The maximum Gasteiger partial charge on any atom is 0.0412 e. The maximum absolute atomic E-state index is 6.18. The predicted octanol–water partition coefficient (Wildman–Crippen LogP) is 4.61. The van der Waals surface area contributed by atoms with Crippen molar-refractivity contribution in [3.8, 4) is 0 Å². The van der Waals surface area contributed by atoms with Crippen molar-refractivity contribution in [3.05, 3.63) is 28.3 Å². The highest BCUT2D eigenvalue weighted by Gasteiger charge is 2.06. The second-order valence-corrected chi connectivity index (χ2v) is 4.78. The lowest BCUT2D eigenvalue weighted by molar-refractivity contribution is 0.783. The van der Waals surface area contributed by atoms with Crippen LogP contribution in [0.5, 0.6) is 0 Å². The molecule has 0 aliphatic carbocycles. The first-order valence-electron chi connectivity index (χ1n) is 6.25. The van der Waals surface area contributed by atoms with E-state index < -0.39 is 0 Å². The minimum atomic E-state index is 0.825. The van der Waals surface area contributed by atoms with Gasteiger partial charge in [-0.2, -0.15) is 0 Å². The van der Waals surface area contributed by atoms with Crippen LogP contribution in [0.3, 0.4) is 0 Å². The zero-order chi connectivity index (χ0) is 12.0. The van der Waals surface area contributed by atoms with E-state index in [1.165, 1.54) is 36.8 Å². The van der Waals surface area contributed by atoms with Crippen LogP contribution in [-0.2, 0) is 12.8 Å². The molecular formula is C14H22ClN. The quantitative estimate of drug-likeness (QED) is 0.721. The number of hydrogen-bond acceptors (Lipinski definition) is 1. The first-order valence-corrected chi connectivity index (χ1v) is 6.63. The van der Waals surface area contributed by atoms with Crippen LogP contribution in [0.15, 0.2) is 12.1 Å². The van der Waals surface area contributed by atoms with Crippen LogP contribution < -0.4 is 5.73 Å². The Morgan fingerprint density at radius 1 is 1.00 bits per heavy atom. The van der Waals surface area contributed by atoms with Gasteiger partial charge >= 0.3 is 0 Å². The highest BCUT2D eigenvalue weighted by Crippen LogP contribution is 2.26. The Bertz CT molecular complexity index is 305. The van der Waals surface area contributed by atoms with Crippen LogP contribution in [0.2, 0.25) is 5.02 Å². The third kappa shape index (κ3) is 3.71. The molecule has 90 valence electrons. The third-order valence-electron chi connectivity index (χ3n) is 2.92. The van der Waals surface area contributed by atoms with Crippen LogP contribution in [-0.4, -0.2) is 0 Å². The van der Waals surface area contributed by atoms with Gasteiger partial charge in [-0.1, -0.05) is 38.3 Å². The normalized spacial score (nSPS) is 10.7. The van der Waals surface area contributed by atoms with Crippen LogP contribution in [0.25, 0.3) is 0 Å². The molecule has 0 aliphatic heterocycles. The lowest BCUT2D eigenvalue weighted by Crippen LogP contribution is -2.00. The highest BCUT2D eigenvalue weighted by atomic mass is 35.5. The average Bonchev–Trinajstić information content (AvgIpc) is 2.28. The fourth-order valence-electron chi connectivity index (χ4n) is 1.88. The molecule has 0 bridgehead atoms. The fourth-order valence-corrected chi connectivity index (χ4v) is 2.15. The molecule has 0 saturated heterocycles. The van der Waals surface area contributed by atoms with Crippen molar-refractivity contribution in [1.82, 2.24) is 0 Å². The van der Waals surface area contributed by atoms with Gasteiger partial charge in [-0.15, -0.1) is 0 Å². The van der Waals surface area contributed by atoms with E-state index in [1.807, 2.05) is 12.1 Å². The van der Waals surface area contributed by atoms with E-state index in [-0.39, 0.29) is 0 Å². The maximum atomic E-state index is 6.18. The van der Waals surface area contributed by atoms with Gasteiger partial charge in [0.1, 0.15) is 0 Å². The van der Waals surface area contributed by atoms with E-state index in [0.29, 0.717) is 0 Å². The van der Waals surface area contributed by atoms with E-state index in [9.17, 15) is 0 Å². The van der Waals surface area contributed by atoms with Gasteiger partial charge in [0.25, 0.3) is 0 Å². The van der Waals surface area contributed by atoms with Gasteiger partial charge in [0.2, 0.25) is 0 Å². The molecule has 2 heteroatoms. The number of anilines is 1. The molecule has 1 rings (SSSR count). The third-order valence-corrected chi connectivity index (χ3v) is 3.13. The number of halogens is 1. The number of unbranched alkanes of at least 4 members (excludes halogenated alkanes) is 2. The topological polar surface area (TPSA) is 26.0 Å². The Morgan fingerprint density at radius 3 is 1.81 bits per heavy atom. The van der Waals surface area contributed by atoms with Crippen molar-refractivity contribution in [3.63, 3.8) is 0 Å². The molecule has 0 fully saturated rings. The molecular weight excluding hydrogens is 218 g/mol. The lowest BCUT2D eigenvalue weighted by atomic mass is 9.99. The van der Waals surface area contributed by atoms with Crippen LogP contribution in [0.1, 0.15) is 50.7 Å². The van der Waals surface area contributed by atoms with Gasteiger partial charge < -0.3 is 5.73 Å². The summed E-state index contributed by atoms with van der Waals surface area (Å²) in [5, 5.41) is 0.825. The SMILES string of the molecule is CCCCc1cc(Cl)cc(CCCC)c1N. The minimum Gasteiger partial charge on any atom is -0.398 e. The van der Waals surface area contributed by atoms with Crippen molar-refractivity contribution in [2.24, 2.45) is 0 Å². The molecule has 0 heterocycles. The number of rotatable bonds is 6. The van der Waals surface area contributed by atoms with E-state index >= 15 is 0 Å². The zero-order valence-electron chi connectivity index (χ0n) is 10.4. The Hall–Kier alpha value is -0.690. The monoisotopic (exact) mass is 239 g/mol. The zero-order valence-corrected chi connectivity index (χ0v) is 11.1. The molecule has 0 aliphatic rings. The van der Waals surface area contributed by atoms with Crippen LogP contribution >= 0.6 is 11.6 Å². The summed E-state index contributed by atoms with van der Waals surface area (Å²) in [5.41, 5.74) is 9.58. The lowest BCUT2D eigenvalue weighted by Gasteiger charge is -2.11. The van der Waals surface area contributed by atoms with Crippen molar-refractivity contribution in [2.75, 3.05) is 5.73 Å². The smallest absolute Gasteiger partial charge is 0.0412 e. The Balaban J connectivity index is 2.86. The fraction of sp³-hybridized carbons (Fsp3) is 0.571. The summed E-state index contributed by atoms with van der Waals surface area (Å²) in [5.74, 6) is 0. The van der Waals surface area contributed by atoms with E-state index in [1.54, 1.807) is 0 Å².